The van der Waals surface area contributed by atoms with Crippen molar-refractivity contribution in [3.05, 3.63) is 94.3 Å². The van der Waals surface area contributed by atoms with Crippen LogP contribution in [0, 0.1) is 12.7 Å². The van der Waals surface area contributed by atoms with Crippen molar-refractivity contribution in [2.75, 3.05) is 26.3 Å². The summed E-state index contributed by atoms with van der Waals surface area (Å²) in [5.41, 5.74) is 3.10. The number of hydrogen-bond acceptors (Lipinski definition) is 6. The van der Waals surface area contributed by atoms with E-state index in [0.29, 0.717) is 38.3 Å². The molecule has 2 N–H and O–H groups in total. The average Bonchev–Trinajstić information content (AvgIpc) is 2.93. The Labute approximate surface area is 214 Å². The van der Waals surface area contributed by atoms with Gasteiger partial charge in [-0.05, 0) is 35.2 Å². The zero-order valence-electron chi connectivity index (χ0n) is 20.5. The van der Waals surface area contributed by atoms with Crippen molar-refractivity contribution in [2.24, 2.45) is 0 Å². The van der Waals surface area contributed by atoms with Gasteiger partial charge in [-0.2, -0.15) is 0 Å². The highest BCUT2D eigenvalue weighted by molar-refractivity contribution is 5.97. The van der Waals surface area contributed by atoms with Crippen LogP contribution in [0.5, 0.6) is 0 Å². The third-order valence-corrected chi connectivity index (χ3v) is 6.00. The molecule has 37 heavy (non-hydrogen) atoms. The molecular weight excluding hydrogens is 477 g/mol. The Morgan fingerprint density at radius 3 is 2.05 bits per heavy atom. The molecule has 0 spiro atoms. The minimum Gasteiger partial charge on any atom is -0.378 e. The number of halogens is 1. The summed E-state index contributed by atoms with van der Waals surface area (Å²) in [7, 11) is 0. The first kappa shape index (κ1) is 25.9. The Morgan fingerprint density at radius 1 is 0.865 bits per heavy atom. The highest BCUT2D eigenvalue weighted by Crippen LogP contribution is 2.10. The van der Waals surface area contributed by atoms with Crippen molar-refractivity contribution in [1.29, 1.82) is 0 Å². The van der Waals surface area contributed by atoms with Crippen LogP contribution in [0.3, 0.4) is 0 Å². The standard InChI is InChI=1S/C27H28FN5O4/c1-18-12-21(6-7-22(18)28)16-30-27(36)24-14-23(31-17-32-24)26(35)29-15-20-4-2-19(3-5-20)13-25(34)33-8-10-37-11-9-33/h2-7,12,14,17H,8-11,13,15-16H2,1H3,(H,29,35)(H,30,36). The third kappa shape index (κ3) is 7.17. The Morgan fingerprint density at radius 2 is 1.43 bits per heavy atom. The lowest BCUT2D eigenvalue weighted by Gasteiger charge is -2.26. The molecule has 1 aliphatic rings. The van der Waals surface area contributed by atoms with E-state index < -0.39 is 11.8 Å². The van der Waals surface area contributed by atoms with E-state index in [4.69, 9.17) is 4.74 Å². The Balaban J connectivity index is 1.27. The predicted octanol–water partition coefficient (Wildman–Crippen LogP) is 2.19. The molecule has 0 aliphatic carbocycles. The van der Waals surface area contributed by atoms with Crippen molar-refractivity contribution in [3.63, 3.8) is 0 Å². The minimum absolute atomic E-state index is 0.0493. The van der Waals surface area contributed by atoms with Gasteiger partial charge in [0.25, 0.3) is 11.8 Å². The molecule has 2 heterocycles. The molecular formula is C27H28FN5O4. The zero-order chi connectivity index (χ0) is 26.2. The number of ether oxygens (including phenoxy) is 1. The van der Waals surface area contributed by atoms with Gasteiger partial charge < -0.3 is 20.3 Å². The molecule has 2 aromatic carbocycles. The van der Waals surface area contributed by atoms with Gasteiger partial charge in [-0.3, -0.25) is 14.4 Å². The van der Waals surface area contributed by atoms with E-state index >= 15 is 0 Å². The Hall–Kier alpha value is -4.18. The fraction of sp³-hybridized carbons (Fsp3) is 0.296. The summed E-state index contributed by atoms with van der Waals surface area (Å²) in [4.78, 5) is 47.2. The van der Waals surface area contributed by atoms with Crippen LogP contribution >= 0.6 is 0 Å². The van der Waals surface area contributed by atoms with Gasteiger partial charge in [0, 0.05) is 32.2 Å². The molecule has 0 bridgehead atoms. The van der Waals surface area contributed by atoms with Crippen LogP contribution < -0.4 is 10.6 Å². The van der Waals surface area contributed by atoms with Crippen molar-refractivity contribution < 1.29 is 23.5 Å². The average molecular weight is 506 g/mol. The molecule has 1 aliphatic heterocycles. The summed E-state index contributed by atoms with van der Waals surface area (Å²) in [6.45, 7) is 4.47. The number of nitrogens with zero attached hydrogens (tertiary/aromatic N) is 3. The highest BCUT2D eigenvalue weighted by Gasteiger charge is 2.17. The van der Waals surface area contributed by atoms with Gasteiger partial charge in [0.15, 0.2) is 0 Å². The number of carbonyl (C=O) groups excluding carboxylic acids is 3. The number of aromatic nitrogens is 2. The van der Waals surface area contributed by atoms with E-state index in [-0.39, 0.29) is 36.2 Å². The second-order valence-corrected chi connectivity index (χ2v) is 8.72. The second-order valence-electron chi connectivity index (χ2n) is 8.72. The summed E-state index contributed by atoms with van der Waals surface area (Å²) >= 11 is 0. The van der Waals surface area contributed by atoms with Gasteiger partial charge in [-0.1, -0.05) is 36.4 Å². The van der Waals surface area contributed by atoms with Gasteiger partial charge in [0.05, 0.1) is 19.6 Å². The molecule has 4 rings (SSSR count). The van der Waals surface area contributed by atoms with Crippen molar-refractivity contribution in [1.82, 2.24) is 25.5 Å². The molecule has 3 amide bonds. The molecule has 0 saturated carbocycles. The molecule has 3 aromatic rings. The third-order valence-electron chi connectivity index (χ3n) is 6.00. The topological polar surface area (TPSA) is 114 Å². The smallest absolute Gasteiger partial charge is 0.270 e. The van der Waals surface area contributed by atoms with Crippen molar-refractivity contribution >= 4 is 17.7 Å². The van der Waals surface area contributed by atoms with E-state index in [9.17, 15) is 18.8 Å². The number of amides is 3. The molecule has 0 unspecified atom stereocenters. The lowest BCUT2D eigenvalue weighted by Crippen LogP contribution is -2.41. The molecule has 0 radical (unpaired) electrons. The highest BCUT2D eigenvalue weighted by atomic mass is 19.1. The number of rotatable bonds is 8. The summed E-state index contributed by atoms with van der Waals surface area (Å²) in [6.07, 6.45) is 1.48. The van der Waals surface area contributed by atoms with Gasteiger partial charge in [0.2, 0.25) is 5.91 Å². The number of carbonyl (C=O) groups is 3. The molecule has 9 nitrogen and oxygen atoms in total. The fourth-order valence-corrected chi connectivity index (χ4v) is 3.84. The number of hydrogen-bond donors (Lipinski definition) is 2. The van der Waals surface area contributed by atoms with E-state index in [1.54, 1.807) is 24.0 Å². The number of nitrogens with one attached hydrogen (secondary N) is 2. The Bertz CT molecular complexity index is 1280. The molecule has 10 heteroatoms. The monoisotopic (exact) mass is 505 g/mol. The summed E-state index contributed by atoms with van der Waals surface area (Å²) in [5, 5.41) is 5.49. The van der Waals surface area contributed by atoms with Crippen LogP contribution in [-0.2, 0) is 29.0 Å². The first-order valence-corrected chi connectivity index (χ1v) is 12.0. The minimum atomic E-state index is -0.472. The van der Waals surface area contributed by atoms with Gasteiger partial charge in [-0.25, -0.2) is 14.4 Å². The first-order chi connectivity index (χ1) is 17.9. The lowest BCUT2D eigenvalue weighted by molar-refractivity contribution is -0.134. The van der Waals surface area contributed by atoms with Gasteiger partial charge in [0.1, 0.15) is 23.5 Å². The lowest BCUT2D eigenvalue weighted by atomic mass is 10.1. The van der Waals surface area contributed by atoms with Crippen LogP contribution in [0.1, 0.15) is 43.2 Å². The summed E-state index contributed by atoms with van der Waals surface area (Å²) < 4.78 is 18.7. The second kappa shape index (κ2) is 12.2. The molecule has 192 valence electrons. The Kier molecular flexibility index (Phi) is 8.52. The predicted molar refractivity (Wildman–Crippen MR) is 133 cm³/mol. The van der Waals surface area contributed by atoms with Crippen molar-refractivity contribution in [2.45, 2.75) is 26.4 Å². The molecule has 0 atom stereocenters. The summed E-state index contributed by atoms with van der Waals surface area (Å²) in [6, 6.07) is 13.4. The molecule has 1 aromatic heterocycles. The van der Waals surface area contributed by atoms with Crippen molar-refractivity contribution in [3.8, 4) is 0 Å². The van der Waals surface area contributed by atoms with Crippen LogP contribution in [0.2, 0.25) is 0 Å². The quantitative estimate of drug-likeness (QED) is 0.485. The first-order valence-electron chi connectivity index (χ1n) is 12.0. The SMILES string of the molecule is Cc1cc(CNC(=O)c2cc(C(=O)NCc3ccc(CC(=O)N4CCOCC4)cc3)ncn2)ccc1F. The normalized spacial score (nSPS) is 13.2. The van der Waals surface area contributed by atoms with E-state index in [1.165, 1.54) is 12.1 Å². The zero-order valence-corrected chi connectivity index (χ0v) is 20.5. The van der Waals surface area contributed by atoms with Crippen LogP contribution in [-0.4, -0.2) is 58.9 Å². The summed E-state index contributed by atoms with van der Waals surface area (Å²) in [5.74, 6) is -1.16. The molecule has 1 fully saturated rings. The van der Waals surface area contributed by atoms with Crippen LogP contribution in [0.25, 0.3) is 0 Å². The van der Waals surface area contributed by atoms with Crippen LogP contribution in [0.4, 0.5) is 4.39 Å². The number of benzene rings is 2. The maximum atomic E-state index is 13.4. The fourth-order valence-electron chi connectivity index (χ4n) is 3.84. The number of aryl methyl sites for hydroxylation is 1. The maximum absolute atomic E-state index is 13.4. The van der Waals surface area contributed by atoms with Gasteiger partial charge >= 0.3 is 0 Å². The molecule has 1 saturated heterocycles. The van der Waals surface area contributed by atoms with E-state index in [2.05, 4.69) is 20.6 Å². The van der Waals surface area contributed by atoms with E-state index in [1.807, 2.05) is 24.3 Å². The number of morpholine rings is 1. The largest absolute Gasteiger partial charge is 0.378 e. The van der Waals surface area contributed by atoms with Gasteiger partial charge in [-0.15, -0.1) is 0 Å². The maximum Gasteiger partial charge on any atom is 0.270 e. The van der Waals surface area contributed by atoms with Crippen LogP contribution in [0.15, 0.2) is 54.9 Å². The van der Waals surface area contributed by atoms with E-state index in [0.717, 1.165) is 23.0 Å².